The van der Waals surface area contributed by atoms with Gasteiger partial charge < -0.3 is 15.0 Å². The summed E-state index contributed by atoms with van der Waals surface area (Å²) < 4.78 is 19.4. The fraction of sp³-hybridized carbons (Fsp3) is 0.125. The lowest BCUT2D eigenvalue weighted by Gasteiger charge is -2.10. The SMILES string of the molecule is O=C1NCCc2[nH]c(-c3ccnc(-c4ccc(OCc5ccccc5F)cc4)n3)cc21. The highest BCUT2D eigenvalue weighted by atomic mass is 19.1. The predicted octanol–water partition coefficient (Wildman–Crippen LogP) is 4.14. The molecule has 0 bridgehead atoms. The van der Waals surface area contributed by atoms with Crippen molar-refractivity contribution in [1.82, 2.24) is 20.3 Å². The van der Waals surface area contributed by atoms with Gasteiger partial charge in [0.15, 0.2) is 5.82 Å². The van der Waals surface area contributed by atoms with Crippen LogP contribution in [-0.4, -0.2) is 27.4 Å². The molecule has 0 atom stereocenters. The molecule has 1 aliphatic heterocycles. The van der Waals surface area contributed by atoms with E-state index >= 15 is 0 Å². The van der Waals surface area contributed by atoms with Crippen molar-refractivity contribution < 1.29 is 13.9 Å². The number of ether oxygens (including phenoxy) is 1. The number of fused-ring (bicyclic) bond motifs is 1. The van der Waals surface area contributed by atoms with Crippen LogP contribution in [0.3, 0.4) is 0 Å². The van der Waals surface area contributed by atoms with Gasteiger partial charge in [0, 0.05) is 36.0 Å². The molecule has 0 unspecified atom stereocenters. The molecule has 1 amide bonds. The van der Waals surface area contributed by atoms with Crippen molar-refractivity contribution in [2.45, 2.75) is 13.0 Å². The highest BCUT2D eigenvalue weighted by molar-refractivity contribution is 5.97. The molecule has 0 saturated heterocycles. The number of carbonyl (C=O) groups excluding carboxylic acids is 1. The Labute approximate surface area is 178 Å². The highest BCUT2D eigenvalue weighted by Crippen LogP contribution is 2.25. The lowest BCUT2D eigenvalue weighted by molar-refractivity contribution is 0.0946. The van der Waals surface area contributed by atoms with Gasteiger partial charge in [0.1, 0.15) is 18.2 Å². The molecule has 2 aromatic heterocycles. The van der Waals surface area contributed by atoms with E-state index in [2.05, 4.69) is 20.3 Å². The first-order valence-corrected chi connectivity index (χ1v) is 9.97. The quantitative estimate of drug-likeness (QED) is 0.514. The topological polar surface area (TPSA) is 79.9 Å². The molecule has 0 radical (unpaired) electrons. The van der Waals surface area contributed by atoms with Crippen LogP contribution in [0.15, 0.2) is 66.9 Å². The number of aromatic nitrogens is 3. The summed E-state index contributed by atoms with van der Waals surface area (Å²) in [5.41, 5.74) is 4.43. The Morgan fingerprint density at radius 3 is 2.71 bits per heavy atom. The number of aromatic amines is 1. The van der Waals surface area contributed by atoms with E-state index in [4.69, 9.17) is 4.74 Å². The average molecular weight is 414 g/mol. The van der Waals surface area contributed by atoms with Gasteiger partial charge in [-0.1, -0.05) is 18.2 Å². The van der Waals surface area contributed by atoms with Crippen molar-refractivity contribution in [3.8, 4) is 28.5 Å². The first-order chi connectivity index (χ1) is 15.2. The van der Waals surface area contributed by atoms with Crippen molar-refractivity contribution in [3.63, 3.8) is 0 Å². The van der Waals surface area contributed by atoms with E-state index in [-0.39, 0.29) is 18.3 Å². The molecule has 3 heterocycles. The monoisotopic (exact) mass is 414 g/mol. The van der Waals surface area contributed by atoms with Gasteiger partial charge in [-0.3, -0.25) is 4.79 Å². The fourth-order valence-electron chi connectivity index (χ4n) is 3.56. The first kappa shape index (κ1) is 19.0. The van der Waals surface area contributed by atoms with E-state index in [0.29, 0.717) is 34.9 Å². The van der Waals surface area contributed by atoms with E-state index in [1.165, 1.54) is 6.07 Å². The van der Waals surface area contributed by atoms with Crippen LogP contribution in [0.2, 0.25) is 0 Å². The van der Waals surface area contributed by atoms with Gasteiger partial charge in [0.05, 0.1) is 17.0 Å². The number of carbonyl (C=O) groups is 1. The van der Waals surface area contributed by atoms with Crippen molar-refractivity contribution in [3.05, 3.63) is 89.5 Å². The first-order valence-electron chi connectivity index (χ1n) is 9.97. The maximum absolute atomic E-state index is 13.7. The Balaban J connectivity index is 1.34. The van der Waals surface area contributed by atoms with Crippen LogP contribution in [0.5, 0.6) is 5.75 Å². The summed E-state index contributed by atoms with van der Waals surface area (Å²) in [4.78, 5) is 24.3. The molecule has 0 fully saturated rings. The second-order valence-electron chi connectivity index (χ2n) is 7.25. The zero-order valence-corrected chi connectivity index (χ0v) is 16.6. The molecule has 1 aliphatic rings. The van der Waals surface area contributed by atoms with Gasteiger partial charge in [-0.25, -0.2) is 14.4 Å². The summed E-state index contributed by atoms with van der Waals surface area (Å²) in [6.07, 6.45) is 2.47. The van der Waals surface area contributed by atoms with Crippen LogP contribution < -0.4 is 10.1 Å². The molecule has 5 rings (SSSR count). The van der Waals surface area contributed by atoms with Gasteiger partial charge in [-0.15, -0.1) is 0 Å². The van der Waals surface area contributed by atoms with E-state index in [1.807, 2.05) is 36.4 Å². The third-order valence-corrected chi connectivity index (χ3v) is 5.20. The van der Waals surface area contributed by atoms with Gasteiger partial charge in [-0.2, -0.15) is 0 Å². The number of nitrogens with zero attached hydrogens (tertiary/aromatic N) is 2. The standard InChI is InChI=1S/C24H19FN4O2/c25-19-4-2-1-3-16(19)14-31-17-7-5-15(6-8-17)23-26-11-10-21(29-23)22-13-18-20(28-22)9-12-27-24(18)30/h1-8,10-11,13,28H,9,12,14H2,(H,27,30). The summed E-state index contributed by atoms with van der Waals surface area (Å²) in [6, 6.07) is 17.5. The minimum absolute atomic E-state index is 0.0657. The Bertz CT molecular complexity index is 1250. The summed E-state index contributed by atoms with van der Waals surface area (Å²) in [7, 11) is 0. The molecule has 7 heteroatoms. The Hall–Kier alpha value is -4.00. The summed E-state index contributed by atoms with van der Waals surface area (Å²) in [5, 5.41) is 2.84. The van der Waals surface area contributed by atoms with Crippen LogP contribution in [0.4, 0.5) is 4.39 Å². The second kappa shape index (κ2) is 8.02. The number of nitrogens with one attached hydrogen (secondary N) is 2. The maximum atomic E-state index is 13.7. The molecule has 6 nitrogen and oxygen atoms in total. The van der Waals surface area contributed by atoms with Gasteiger partial charge in [0.2, 0.25) is 0 Å². The lowest BCUT2D eigenvalue weighted by atomic mass is 10.1. The van der Waals surface area contributed by atoms with Crippen molar-refractivity contribution in [2.24, 2.45) is 0 Å². The fourth-order valence-corrected chi connectivity index (χ4v) is 3.56. The molecular formula is C24H19FN4O2. The van der Waals surface area contributed by atoms with Crippen LogP contribution in [0.1, 0.15) is 21.6 Å². The minimum atomic E-state index is -0.284. The normalized spacial score (nSPS) is 12.9. The van der Waals surface area contributed by atoms with Crippen LogP contribution >= 0.6 is 0 Å². The smallest absolute Gasteiger partial charge is 0.253 e. The molecule has 2 aromatic carbocycles. The van der Waals surface area contributed by atoms with Gasteiger partial charge in [-0.05, 0) is 42.5 Å². The van der Waals surface area contributed by atoms with Crippen LogP contribution in [-0.2, 0) is 13.0 Å². The summed E-state index contributed by atoms with van der Waals surface area (Å²) in [6.45, 7) is 0.787. The Morgan fingerprint density at radius 2 is 1.90 bits per heavy atom. The van der Waals surface area contributed by atoms with Gasteiger partial charge >= 0.3 is 0 Å². The molecule has 31 heavy (non-hydrogen) atoms. The minimum Gasteiger partial charge on any atom is -0.489 e. The highest BCUT2D eigenvalue weighted by Gasteiger charge is 2.20. The molecule has 0 spiro atoms. The van der Waals surface area contributed by atoms with Crippen LogP contribution in [0, 0.1) is 5.82 Å². The molecule has 154 valence electrons. The van der Waals surface area contributed by atoms with E-state index in [9.17, 15) is 9.18 Å². The van der Waals surface area contributed by atoms with E-state index < -0.39 is 0 Å². The predicted molar refractivity (Wildman–Crippen MR) is 114 cm³/mol. The molecule has 0 aliphatic carbocycles. The van der Waals surface area contributed by atoms with Crippen molar-refractivity contribution in [2.75, 3.05) is 6.54 Å². The zero-order chi connectivity index (χ0) is 21.2. The molecule has 0 saturated carbocycles. The van der Waals surface area contributed by atoms with Crippen LogP contribution in [0.25, 0.3) is 22.8 Å². The third-order valence-electron chi connectivity index (χ3n) is 5.20. The molecule has 2 N–H and O–H groups in total. The third kappa shape index (κ3) is 3.90. The number of halogens is 1. The largest absolute Gasteiger partial charge is 0.489 e. The zero-order valence-electron chi connectivity index (χ0n) is 16.6. The Morgan fingerprint density at radius 1 is 1.06 bits per heavy atom. The lowest BCUT2D eigenvalue weighted by Crippen LogP contribution is -2.31. The average Bonchev–Trinajstić information content (AvgIpc) is 3.25. The number of amides is 1. The second-order valence-corrected chi connectivity index (χ2v) is 7.25. The summed E-state index contributed by atoms with van der Waals surface area (Å²) in [5.74, 6) is 0.846. The van der Waals surface area contributed by atoms with Crippen molar-refractivity contribution >= 4 is 5.91 Å². The molecule has 4 aromatic rings. The van der Waals surface area contributed by atoms with E-state index in [0.717, 1.165) is 23.4 Å². The van der Waals surface area contributed by atoms with Crippen molar-refractivity contribution in [1.29, 1.82) is 0 Å². The number of rotatable bonds is 5. The number of hydrogen-bond acceptors (Lipinski definition) is 4. The Kier molecular flexibility index (Phi) is 4.92. The van der Waals surface area contributed by atoms with E-state index in [1.54, 1.807) is 24.4 Å². The molecular weight excluding hydrogens is 395 g/mol. The van der Waals surface area contributed by atoms with Gasteiger partial charge in [0.25, 0.3) is 5.91 Å². The maximum Gasteiger partial charge on any atom is 0.253 e. The summed E-state index contributed by atoms with van der Waals surface area (Å²) >= 11 is 0. The number of hydrogen-bond donors (Lipinski definition) is 2. The number of benzene rings is 2. The number of H-pyrrole nitrogens is 1.